The number of halogens is 1. The van der Waals surface area contributed by atoms with Crippen LogP contribution in [0.5, 0.6) is 0 Å². The van der Waals surface area contributed by atoms with Crippen LogP contribution in [0.2, 0.25) is 0 Å². The Morgan fingerprint density at radius 3 is 2.76 bits per heavy atom. The highest BCUT2D eigenvalue weighted by molar-refractivity contribution is 9.10. The number of benzene rings is 1. The summed E-state index contributed by atoms with van der Waals surface area (Å²) in [5.41, 5.74) is 6.86. The third-order valence-corrected chi connectivity index (χ3v) is 4.41. The van der Waals surface area contributed by atoms with Gasteiger partial charge in [-0.2, -0.15) is 0 Å². The molecule has 0 saturated heterocycles. The fourth-order valence-electron chi connectivity index (χ4n) is 1.46. The second kappa shape index (κ2) is 5.51. The van der Waals surface area contributed by atoms with E-state index in [9.17, 15) is 0 Å². The molecule has 0 radical (unpaired) electrons. The summed E-state index contributed by atoms with van der Waals surface area (Å²) in [6.45, 7) is 2.05. The van der Waals surface area contributed by atoms with Crippen molar-refractivity contribution in [3.8, 4) is 0 Å². The molecule has 0 aliphatic carbocycles. The fourth-order valence-corrected chi connectivity index (χ4v) is 2.98. The van der Waals surface area contributed by atoms with Gasteiger partial charge in [-0.3, -0.25) is 0 Å². The minimum absolute atomic E-state index is 0.567. The van der Waals surface area contributed by atoms with Crippen molar-refractivity contribution in [3.05, 3.63) is 40.6 Å². The quantitative estimate of drug-likeness (QED) is 0.881. The van der Waals surface area contributed by atoms with Crippen molar-refractivity contribution in [3.63, 3.8) is 0 Å². The molecular weight excluding hydrogens is 298 g/mol. The van der Waals surface area contributed by atoms with Crippen molar-refractivity contribution in [2.45, 2.75) is 23.3 Å². The number of aromatic nitrogens is 2. The zero-order valence-corrected chi connectivity index (χ0v) is 11.8. The smallest absolute Gasteiger partial charge is 0.131 e. The second-order valence-corrected chi connectivity index (χ2v) is 5.31. The molecule has 88 valence electrons. The van der Waals surface area contributed by atoms with Gasteiger partial charge in [-0.1, -0.05) is 30.8 Å². The van der Waals surface area contributed by atoms with Crippen LogP contribution in [0.1, 0.15) is 12.5 Å². The van der Waals surface area contributed by atoms with E-state index < -0.39 is 0 Å². The van der Waals surface area contributed by atoms with Crippen LogP contribution >= 0.6 is 27.7 Å². The van der Waals surface area contributed by atoms with Crippen molar-refractivity contribution in [2.24, 2.45) is 0 Å². The first-order valence-electron chi connectivity index (χ1n) is 5.24. The van der Waals surface area contributed by atoms with Crippen LogP contribution in [-0.4, -0.2) is 9.97 Å². The van der Waals surface area contributed by atoms with E-state index in [0.717, 1.165) is 26.4 Å². The van der Waals surface area contributed by atoms with Crippen molar-refractivity contribution in [2.75, 3.05) is 5.73 Å². The minimum Gasteiger partial charge on any atom is -0.383 e. The third-order valence-electron chi connectivity index (χ3n) is 2.34. The topological polar surface area (TPSA) is 51.8 Å². The largest absolute Gasteiger partial charge is 0.383 e. The minimum atomic E-state index is 0.567. The molecule has 0 bridgehead atoms. The Bertz CT molecular complexity index is 531. The van der Waals surface area contributed by atoms with Gasteiger partial charge >= 0.3 is 0 Å². The summed E-state index contributed by atoms with van der Waals surface area (Å²) in [5, 5.41) is 0.923. The van der Waals surface area contributed by atoms with Crippen LogP contribution in [0.4, 0.5) is 5.82 Å². The van der Waals surface area contributed by atoms with Gasteiger partial charge in [0.25, 0.3) is 0 Å². The van der Waals surface area contributed by atoms with Gasteiger partial charge in [-0.05, 0) is 34.5 Å². The molecule has 17 heavy (non-hydrogen) atoms. The predicted molar refractivity (Wildman–Crippen MR) is 74.1 cm³/mol. The Hall–Kier alpha value is -1.07. The van der Waals surface area contributed by atoms with Crippen LogP contribution in [0.25, 0.3) is 0 Å². The molecule has 2 aromatic rings. The number of hydrogen-bond donors (Lipinski definition) is 1. The van der Waals surface area contributed by atoms with Gasteiger partial charge in [0.05, 0.1) is 0 Å². The molecule has 2 N–H and O–H groups in total. The fraction of sp³-hybridized carbons (Fsp3) is 0.167. The summed E-state index contributed by atoms with van der Waals surface area (Å²) < 4.78 is 1.06. The molecule has 0 aliphatic heterocycles. The van der Waals surface area contributed by atoms with E-state index in [4.69, 9.17) is 5.73 Å². The molecule has 5 heteroatoms. The van der Waals surface area contributed by atoms with Gasteiger partial charge in [0.2, 0.25) is 0 Å². The molecular formula is C12H12BrN3S. The van der Waals surface area contributed by atoms with Crippen LogP contribution in [0.15, 0.2) is 45.0 Å². The van der Waals surface area contributed by atoms with E-state index in [2.05, 4.69) is 32.8 Å². The van der Waals surface area contributed by atoms with E-state index in [0.29, 0.717) is 5.82 Å². The molecule has 1 aromatic heterocycles. The lowest BCUT2D eigenvalue weighted by molar-refractivity contribution is 0.952. The Labute approximate surface area is 113 Å². The molecule has 0 aliphatic rings. The van der Waals surface area contributed by atoms with Gasteiger partial charge in [0.15, 0.2) is 0 Å². The van der Waals surface area contributed by atoms with Crippen molar-refractivity contribution < 1.29 is 0 Å². The SMILES string of the molecule is CCc1c(N)ncnc1Sc1ccccc1Br. The van der Waals surface area contributed by atoms with Gasteiger partial charge in [-0.15, -0.1) is 0 Å². The highest BCUT2D eigenvalue weighted by Crippen LogP contribution is 2.34. The number of hydrogen-bond acceptors (Lipinski definition) is 4. The lowest BCUT2D eigenvalue weighted by atomic mass is 10.2. The summed E-state index contributed by atoms with van der Waals surface area (Å²) >= 11 is 5.12. The van der Waals surface area contributed by atoms with Crippen molar-refractivity contribution >= 4 is 33.5 Å². The Balaban J connectivity index is 2.37. The van der Waals surface area contributed by atoms with E-state index >= 15 is 0 Å². The summed E-state index contributed by atoms with van der Waals surface area (Å²) in [5.74, 6) is 0.567. The predicted octanol–water partition coefficient (Wildman–Crippen LogP) is 3.53. The molecule has 0 amide bonds. The second-order valence-electron chi connectivity index (χ2n) is 3.43. The maximum Gasteiger partial charge on any atom is 0.131 e. The maximum absolute atomic E-state index is 5.85. The normalized spacial score (nSPS) is 10.5. The van der Waals surface area contributed by atoms with Crippen LogP contribution < -0.4 is 5.73 Å². The van der Waals surface area contributed by atoms with Crippen LogP contribution in [0.3, 0.4) is 0 Å². The molecule has 0 saturated carbocycles. The van der Waals surface area contributed by atoms with E-state index in [-0.39, 0.29) is 0 Å². The van der Waals surface area contributed by atoms with Gasteiger partial charge in [-0.25, -0.2) is 9.97 Å². The van der Waals surface area contributed by atoms with Crippen LogP contribution in [0, 0.1) is 0 Å². The molecule has 1 heterocycles. The van der Waals surface area contributed by atoms with Crippen molar-refractivity contribution in [1.82, 2.24) is 9.97 Å². The summed E-state index contributed by atoms with van der Waals surface area (Å²) in [4.78, 5) is 9.44. The molecule has 0 fully saturated rings. The maximum atomic E-state index is 5.85. The lowest BCUT2D eigenvalue weighted by Crippen LogP contribution is -2.00. The molecule has 0 unspecified atom stereocenters. The molecule has 0 atom stereocenters. The summed E-state index contributed by atoms with van der Waals surface area (Å²) in [6, 6.07) is 8.05. The number of nitrogens with two attached hydrogens (primary N) is 1. The van der Waals surface area contributed by atoms with E-state index in [1.54, 1.807) is 11.8 Å². The molecule has 0 spiro atoms. The van der Waals surface area contributed by atoms with Crippen LogP contribution in [-0.2, 0) is 6.42 Å². The van der Waals surface area contributed by atoms with Gasteiger partial charge in [0.1, 0.15) is 17.2 Å². The number of nitrogen functional groups attached to an aromatic ring is 1. The molecule has 3 nitrogen and oxygen atoms in total. The average molecular weight is 310 g/mol. The summed E-state index contributed by atoms with van der Waals surface area (Å²) in [7, 11) is 0. The zero-order chi connectivity index (χ0) is 12.3. The Morgan fingerprint density at radius 1 is 1.29 bits per heavy atom. The number of nitrogens with zero attached hydrogens (tertiary/aromatic N) is 2. The average Bonchev–Trinajstić information content (AvgIpc) is 2.32. The number of anilines is 1. The first kappa shape index (κ1) is 12.4. The van der Waals surface area contributed by atoms with E-state index in [1.165, 1.54) is 6.33 Å². The highest BCUT2D eigenvalue weighted by atomic mass is 79.9. The highest BCUT2D eigenvalue weighted by Gasteiger charge is 2.10. The molecule has 2 rings (SSSR count). The monoisotopic (exact) mass is 309 g/mol. The van der Waals surface area contributed by atoms with Gasteiger partial charge < -0.3 is 5.73 Å². The third kappa shape index (κ3) is 2.79. The first-order valence-corrected chi connectivity index (χ1v) is 6.85. The standard InChI is InChI=1S/C12H12BrN3S/c1-2-8-11(14)15-7-16-12(8)17-10-6-4-3-5-9(10)13/h3-7H,2H2,1H3,(H2,14,15,16). The lowest BCUT2D eigenvalue weighted by Gasteiger charge is -2.08. The zero-order valence-electron chi connectivity index (χ0n) is 9.35. The van der Waals surface area contributed by atoms with Gasteiger partial charge in [0, 0.05) is 14.9 Å². The molecule has 1 aromatic carbocycles. The number of rotatable bonds is 3. The van der Waals surface area contributed by atoms with Crippen molar-refractivity contribution in [1.29, 1.82) is 0 Å². The summed E-state index contributed by atoms with van der Waals surface area (Å²) in [6.07, 6.45) is 2.34. The Morgan fingerprint density at radius 2 is 2.06 bits per heavy atom. The Kier molecular flexibility index (Phi) is 4.02. The first-order chi connectivity index (χ1) is 8.22. The van der Waals surface area contributed by atoms with E-state index in [1.807, 2.05) is 24.3 Å².